The average Bonchev–Trinajstić information content (AvgIpc) is 2.54. The molecule has 1 saturated heterocycles. The minimum atomic E-state index is 0.443. The standard InChI is InChI=1S/C18H28ClN5S/c1-12-8-13(2)11-24(10-12)16-9-15(19)21-17(22-16)23-18(25)20-14-6-4-3-5-7-14/h9,12-14H,3-8,10-11H2,1-2H3,(H2,20,21,22,23,25)/t12-,13-/m1/s1. The van der Waals surface area contributed by atoms with Crippen LogP contribution in [0.25, 0.3) is 0 Å². The SMILES string of the molecule is C[C@@H]1C[C@@H](C)CN(c2cc(Cl)nc(NC(=S)NC3CCCCC3)n2)C1. The van der Waals surface area contributed by atoms with Crippen molar-refractivity contribution in [2.75, 3.05) is 23.3 Å². The lowest BCUT2D eigenvalue weighted by Crippen LogP contribution is -2.40. The van der Waals surface area contributed by atoms with Crippen molar-refractivity contribution in [3.05, 3.63) is 11.2 Å². The van der Waals surface area contributed by atoms with Crippen LogP contribution in [0.4, 0.5) is 11.8 Å². The summed E-state index contributed by atoms with van der Waals surface area (Å²) in [6, 6.07) is 2.30. The molecule has 138 valence electrons. The quantitative estimate of drug-likeness (QED) is 0.603. The van der Waals surface area contributed by atoms with Crippen molar-refractivity contribution in [1.82, 2.24) is 15.3 Å². The van der Waals surface area contributed by atoms with Gasteiger partial charge in [0.1, 0.15) is 11.0 Å². The predicted octanol–water partition coefficient (Wildman–Crippen LogP) is 4.23. The molecule has 0 spiro atoms. The van der Waals surface area contributed by atoms with E-state index >= 15 is 0 Å². The molecule has 7 heteroatoms. The third-order valence-electron chi connectivity index (χ3n) is 5.04. The summed E-state index contributed by atoms with van der Waals surface area (Å²) in [7, 11) is 0. The van der Waals surface area contributed by atoms with Crippen LogP contribution in [0.5, 0.6) is 0 Å². The molecule has 1 aromatic rings. The predicted molar refractivity (Wildman–Crippen MR) is 108 cm³/mol. The van der Waals surface area contributed by atoms with Crippen LogP contribution >= 0.6 is 23.8 Å². The summed E-state index contributed by atoms with van der Waals surface area (Å²) >= 11 is 11.7. The van der Waals surface area contributed by atoms with E-state index in [0.29, 0.717) is 34.1 Å². The van der Waals surface area contributed by atoms with E-state index in [9.17, 15) is 0 Å². The minimum Gasteiger partial charge on any atom is -0.360 e. The van der Waals surface area contributed by atoms with Gasteiger partial charge in [-0.1, -0.05) is 44.7 Å². The number of halogens is 1. The first kappa shape index (κ1) is 18.6. The molecule has 0 amide bonds. The van der Waals surface area contributed by atoms with Gasteiger partial charge in [-0.2, -0.15) is 4.98 Å². The van der Waals surface area contributed by atoms with Gasteiger partial charge in [0.15, 0.2) is 5.11 Å². The number of hydrogen-bond acceptors (Lipinski definition) is 4. The lowest BCUT2D eigenvalue weighted by molar-refractivity contribution is 0.355. The molecule has 1 saturated carbocycles. The lowest BCUT2D eigenvalue weighted by atomic mass is 9.92. The van der Waals surface area contributed by atoms with Gasteiger partial charge in [-0.25, -0.2) is 4.98 Å². The fourth-order valence-corrected chi connectivity index (χ4v) is 4.48. The van der Waals surface area contributed by atoms with E-state index in [1.165, 1.54) is 38.5 Å². The molecule has 2 heterocycles. The highest BCUT2D eigenvalue weighted by Gasteiger charge is 2.23. The van der Waals surface area contributed by atoms with Crippen LogP contribution in [0.3, 0.4) is 0 Å². The fourth-order valence-electron chi connectivity index (χ4n) is 4.04. The molecule has 25 heavy (non-hydrogen) atoms. The summed E-state index contributed by atoms with van der Waals surface area (Å²) < 4.78 is 0. The first-order chi connectivity index (χ1) is 12.0. The van der Waals surface area contributed by atoms with Crippen molar-refractivity contribution >= 4 is 40.7 Å². The van der Waals surface area contributed by atoms with Crippen molar-refractivity contribution in [1.29, 1.82) is 0 Å². The molecule has 1 aliphatic heterocycles. The maximum Gasteiger partial charge on any atom is 0.232 e. The Balaban J connectivity index is 1.65. The Hall–Kier alpha value is -1.14. The number of anilines is 2. The molecule has 2 N–H and O–H groups in total. The maximum atomic E-state index is 6.24. The van der Waals surface area contributed by atoms with Gasteiger partial charge in [0.05, 0.1) is 0 Å². The Morgan fingerprint density at radius 1 is 1.16 bits per heavy atom. The number of aromatic nitrogens is 2. The monoisotopic (exact) mass is 381 g/mol. The fraction of sp³-hybridized carbons (Fsp3) is 0.722. The Kier molecular flexibility index (Phi) is 6.34. The molecule has 5 nitrogen and oxygen atoms in total. The zero-order valence-electron chi connectivity index (χ0n) is 15.1. The number of rotatable bonds is 3. The third kappa shape index (κ3) is 5.42. The van der Waals surface area contributed by atoms with Crippen molar-refractivity contribution in [3.8, 4) is 0 Å². The molecule has 0 aromatic carbocycles. The van der Waals surface area contributed by atoms with Gasteiger partial charge in [0.25, 0.3) is 0 Å². The molecule has 2 atom stereocenters. The summed E-state index contributed by atoms with van der Waals surface area (Å²) in [5, 5.41) is 7.53. The largest absolute Gasteiger partial charge is 0.360 e. The second-order valence-corrected chi connectivity index (χ2v) is 8.45. The van der Waals surface area contributed by atoms with E-state index in [2.05, 4.69) is 39.3 Å². The Morgan fingerprint density at radius 2 is 1.84 bits per heavy atom. The highest BCUT2D eigenvalue weighted by atomic mass is 35.5. The highest BCUT2D eigenvalue weighted by Crippen LogP contribution is 2.27. The molecule has 1 aliphatic carbocycles. The number of nitrogens with zero attached hydrogens (tertiary/aromatic N) is 3. The van der Waals surface area contributed by atoms with Crippen molar-refractivity contribution in [3.63, 3.8) is 0 Å². The van der Waals surface area contributed by atoms with E-state index < -0.39 is 0 Å². The molecule has 3 rings (SSSR count). The van der Waals surface area contributed by atoms with Crippen molar-refractivity contribution < 1.29 is 0 Å². The summed E-state index contributed by atoms with van der Waals surface area (Å²) in [6.07, 6.45) is 7.47. The molecule has 2 aliphatic rings. The minimum absolute atomic E-state index is 0.443. The summed E-state index contributed by atoms with van der Waals surface area (Å²) in [5.74, 6) is 2.66. The van der Waals surface area contributed by atoms with Crippen LogP contribution in [0.1, 0.15) is 52.4 Å². The second kappa shape index (κ2) is 8.49. The van der Waals surface area contributed by atoms with Crippen molar-refractivity contribution in [2.24, 2.45) is 11.8 Å². The normalized spacial score (nSPS) is 24.8. The molecule has 0 radical (unpaired) electrons. The summed E-state index contributed by atoms with van der Waals surface area (Å²) in [6.45, 7) is 6.57. The van der Waals surface area contributed by atoms with Crippen LogP contribution in [0.15, 0.2) is 6.07 Å². The molecular formula is C18H28ClN5S. The Labute approximate surface area is 160 Å². The smallest absolute Gasteiger partial charge is 0.232 e. The van der Waals surface area contributed by atoms with Gasteiger partial charge in [-0.3, -0.25) is 0 Å². The van der Waals surface area contributed by atoms with Crippen LogP contribution in [0.2, 0.25) is 5.15 Å². The molecule has 0 unspecified atom stereocenters. The first-order valence-corrected chi connectivity index (χ1v) is 10.2. The van der Waals surface area contributed by atoms with E-state index in [1.54, 1.807) is 0 Å². The zero-order chi connectivity index (χ0) is 17.8. The van der Waals surface area contributed by atoms with E-state index in [4.69, 9.17) is 23.8 Å². The average molecular weight is 382 g/mol. The van der Waals surface area contributed by atoms with Gasteiger partial charge in [-0.15, -0.1) is 0 Å². The molecule has 1 aromatic heterocycles. The third-order valence-corrected chi connectivity index (χ3v) is 5.45. The Bertz CT molecular complexity index is 595. The topological polar surface area (TPSA) is 53.1 Å². The van der Waals surface area contributed by atoms with Gasteiger partial charge in [-0.05, 0) is 43.3 Å². The van der Waals surface area contributed by atoms with Crippen LogP contribution in [-0.4, -0.2) is 34.2 Å². The summed E-state index contributed by atoms with van der Waals surface area (Å²) in [4.78, 5) is 11.2. The van der Waals surface area contributed by atoms with Gasteiger partial charge >= 0.3 is 0 Å². The Morgan fingerprint density at radius 3 is 2.52 bits per heavy atom. The number of piperidine rings is 1. The number of thiocarbonyl (C=S) groups is 1. The van der Waals surface area contributed by atoms with E-state index in [0.717, 1.165) is 18.9 Å². The maximum absolute atomic E-state index is 6.24. The van der Waals surface area contributed by atoms with Crippen molar-refractivity contribution in [2.45, 2.75) is 58.4 Å². The summed E-state index contributed by atoms with van der Waals surface area (Å²) in [5.41, 5.74) is 0. The van der Waals surface area contributed by atoms with E-state index in [-0.39, 0.29) is 0 Å². The number of hydrogen-bond donors (Lipinski definition) is 2. The first-order valence-electron chi connectivity index (χ1n) is 9.36. The van der Waals surface area contributed by atoms with Crippen LogP contribution < -0.4 is 15.5 Å². The lowest BCUT2D eigenvalue weighted by Gasteiger charge is -2.35. The van der Waals surface area contributed by atoms with Crippen LogP contribution in [0, 0.1) is 11.8 Å². The second-order valence-electron chi connectivity index (χ2n) is 7.66. The van der Waals surface area contributed by atoms with E-state index in [1.807, 2.05) is 6.07 Å². The number of nitrogens with one attached hydrogen (secondary N) is 2. The molecule has 2 fully saturated rings. The highest BCUT2D eigenvalue weighted by molar-refractivity contribution is 7.80. The molecule has 0 bridgehead atoms. The molecular weight excluding hydrogens is 354 g/mol. The van der Waals surface area contributed by atoms with Gasteiger partial charge in [0.2, 0.25) is 5.95 Å². The van der Waals surface area contributed by atoms with Crippen LogP contribution in [-0.2, 0) is 0 Å². The van der Waals surface area contributed by atoms with Gasteiger partial charge in [0, 0.05) is 25.2 Å². The van der Waals surface area contributed by atoms with Gasteiger partial charge < -0.3 is 15.5 Å². The zero-order valence-corrected chi connectivity index (χ0v) is 16.7.